The molecule has 0 amide bonds. The number of aliphatic hydroxyl groups excluding tert-OH is 1. The van der Waals surface area contributed by atoms with Gasteiger partial charge in [0, 0.05) is 43.1 Å². The third-order valence-corrected chi connectivity index (χ3v) is 5.17. The average molecular weight is 399 g/mol. The van der Waals surface area contributed by atoms with Gasteiger partial charge in [0.05, 0.1) is 37.8 Å². The zero-order valence-electron chi connectivity index (χ0n) is 16.5. The highest BCUT2D eigenvalue weighted by atomic mass is 16.5. The summed E-state index contributed by atoms with van der Waals surface area (Å²) in [6.07, 6.45) is 4.39. The highest BCUT2D eigenvalue weighted by molar-refractivity contribution is 5.68. The summed E-state index contributed by atoms with van der Waals surface area (Å²) in [6, 6.07) is 5.47. The Morgan fingerprint density at radius 2 is 1.83 bits per heavy atom. The van der Waals surface area contributed by atoms with E-state index in [4.69, 9.17) is 14.5 Å². The van der Waals surface area contributed by atoms with Crippen LogP contribution in [-0.2, 0) is 6.54 Å². The lowest BCUT2D eigenvalue weighted by Gasteiger charge is -2.31. The van der Waals surface area contributed by atoms with Crippen LogP contribution in [0.2, 0.25) is 0 Å². The predicted octanol–water partition coefficient (Wildman–Crippen LogP) is 1.07. The Kier molecular flexibility index (Phi) is 5.52. The minimum atomic E-state index is -0.275. The maximum absolute atomic E-state index is 12.0. The number of ether oxygens (including phenoxy) is 2. The number of nitrogens with zero attached hydrogens (tertiary/aromatic N) is 3. The van der Waals surface area contributed by atoms with Crippen LogP contribution < -0.4 is 24.8 Å². The second-order valence-corrected chi connectivity index (χ2v) is 7.16. The van der Waals surface area contributed by atoms with Gasteiger partial charge >= 0.3 is 0 Å². The molecule has 1 fully saturated rings. The van der Waals surface area contributed by atoms with Crippen LogP contribution in [0.15, 0.2) is 24.4 Å². The second kappa shape index (κ2) is 8.24. The van der Waals surface area contributed by atoms with Crippen LogP contribution in [0, 0.1) is 5.21 Å². The Morgan fingerprint density at radius 1 is 1.14 bits per heavy atom. The van der Waals surface area contributed by atoms with Crippen LogP contribution in [-0.4, -0.2) is 48.5 Å². The van der Waals surface area contributed by atoms with Crippen molar-refractivity contribution in [3.8, 4) is 11.5 Å². The highest BCUT2D eigenvalue weighted by Crippen LogP contribution is 2.31. The van der Waals surface area contributed by atoms with Crippen molar-refractivity contribution in [1.82, 2.24) is 9.97 Å². The number of aliphatic hydroxyl groups is 1. The zero-order valence-corrected chi connectivity index (χ0v) is 16.5. The molecule has 3 N–H and O–H groups in total. The van der Waals surface area contributed by atoms with Crippen molar-refractivity contribution in [1.29, 1.82) is 0 Å². The highest BCUT2D eigenvalue weighted by Gasteiger charge is 2.24. The zero-order chi connectivity index (χ0) is 20.4. The Bertz CT molecular complexity index is 890. The number of aromatic nitrogens is 2. The topological polar surface area (TPSA) is 107 Å². The molecule has 0 radical (unpaired) electrons. The van der Waals surface area contributed by atoms with E-state index in [0.717, 1.165) is 16.9 Å². The number of hydrogen-bond donors (Lipinski definition) is 3. The molecule has 2 aliphatic heterocycles. The molecule has 29 heavy (non-hydrogen) atoms. The van der Waals surface area contributed by atoms with Crippen molar-refractivity contribution in [2.24, 2.45) is 0 Å². The number of rotatable bonds is 5. The summed E-state index contributed by atoms with van der Waals surface area (Å²) in [4.78, 5) is 11.5. The van der Waals surface area contributed by atoms with Crippen molar-refractivity contribution < 1.29 is 19.6 Å². The first-order valence-corrected chi connectivity index (χ1v) is 9.60. The van der Waals surface area contributed by atoms with Gasteiger partial charge in [-0.25, -0.2) is 4.98 Å². The number of hydroxylamine groups is 2. The summed E-state index contributed by atoms with van der Waals surface area (Å²) >= 11 is 0. The molecule has 3 heterocycles. The molecule has 2 aromatic rings. The predicted molar refractivity (Wildman–Crippen MR) is 109 cm³/mol. The molecule has 9 nitrogen and oxygen atoms in total. The van der Waals surface area contributed by atoms with Gasteiger partial charge in [-0.1, -0.05) is 0 Å². The normalized spacial score (nSPS) is 19.0. The van der Waals surface area contributed by atoms with E-state index in [1.165, 1.54) is 0 Å². The average Bonchev–Trinajstić information content (AvgIpc) is 2.74. The van der Waals surface area contributed by atoms with Crippen molar-refractivity contribution >= 4 is 23.5 Å². The Balaban J connectivity index is 1.71. The molecule has 0 saturated carbocycles. The first-order chi connectivity index (χ1) is 14.1. The van der Waals surface area contributed by atoms with E-state index >= 15 is 0 Å². The number of nitrogens with one attached hydrogen (secondary N) is 2. The number of quaternary nitrogens is 1. The molecule has 1 unspecified atom stereocenters. The molecule has 0 bridgehead atoms. The summed E-state index contributed by atoms with van der Waals surface area (Å²) in [7, 11) is 3.19. The van der Waals surface area contributed by atoms with Crippen LogP contribution in [0.3, 0.4) is 0 Å². The molecular weight excluding hydrogens is 374 g/mol. The van der Waals surface area contributed by atoms with Crippen LogP contribution in [0.25, 0.3) is 6.08 Å². The van der Waals surface area contributed by atoms with Crippen LogP contribution in [0.1, 0.15) is 24.1 Å². The number of fused-ring (bicyclic) bond motifs is 1. The van der Waals surface area contributed by atoms with E-state index in [-0.39, 0.29) is 17.7 Å². The molecular formula is C20H25N5O4. The van der Waals surface area contributed by atoms with Crippen molar-refractivity contribution in [2.75, 3.05) is 37.5 Å². The smallest absolute Gasteiger partial charge is 0.227 e. The third-order valence-electron chi connectivity index (χ3n) is 5.17. The van der Waals surface area contributed by atoms with Crippen molar-refractivity contribution in [3.63, 3.8) is 0 Å². The molecule has 2 aliphatic rings. The maximum atomic E-state index is 12.0. The summed E-state index contributed by atoms with van der Waals surface area (Å²) in [5.41, 5.74) is 2.24. The van der Waals surface area contributed by atoms with Gasteiger partial charge in [-0.2, -0.15) is 4.98 Å². The van der Waals surface area contributed by atoms with Gasteiger partial charge < -0.3 is 35.1 Å². The van der Waals surface area contributed by atoms with E-state index in [1.54, 1.807) is 32.6 Å². The van der Waals surface area contributed by atoms with E-state index in [2.05, 4.69) is 15.2 Å². The largest absolute Gasteiger partial charge is 0.629 e. The van der Waals surface area contributed by atoms with Gasteiger partial charge in [-0.15, -0.1) is 0 Å². The van der Waals surface area contributed by atoms with Crippen LogP contribution in [0.4, 0.5) is 17.5 Å². The second-order valence-electron chi connectivity index (χ2n) is 7.16. The van der Waals surface area contributed by atoms with Gasteiger partial charge in [0.2, 0.25) is 5.95 Å². The lowest BCUT2D eigenvalue weighted by Crippen LogP contribution is -3.01. The first kappa shape index (κ1) is 19.4. The SMILES string of the molecule is COc1cc(Nc2nc(N3CCC(O)CC3)nc3c2C[NH+]([O-])C=C3)cc(OC)c1. The van der Waals surface area contributed by atoms with E-state index < -0.39 is 0 Å². The van der Waals surface area contributed by atoms with Crippen LogP contribution >= 0.6 is 0 Å². The number of benzene rings is 1. The number of methoxy groups -OCH3 is 2. The fourth-order valence-electron chi connectivity index (χ4n) is 3.53. The molecule has 1 atom stereocenters. The van der Waals surface area contributed by atoms with E-state index in [1.807, 2.05) is 12.1 Å². The van der Waals surface area contributed by atoms with Gasteiger partial charge in [0.15, 0.2) is 0 Å². The third kappa shape index (κ3) is 4.26. The molecule has 1 aromatic carbocycles. The lowest BCUT2D eigenvalue weighted by molar-refractivity contribution is -0.806. The van der Waals surface area contributed by atoms with Gasteiger partial charge in [-0.3, -0.25) is 0 Å². The molecule has 4 rings (SSSR count). The summed E-state index contributed by atoms with van der Waals surface area (Å²) in [5, 5.41) is 25.1. The van der Waals surface area contributed by atoms with Gasteiger partial charge in [-0.05, 0) is 12.8 Å². The van der Waals surface area contributed by atoms with Gasteiger partial charge in [0.25, 0.3) is 0 Å². The molecule has 154 valence electrons. The fraction of sp³-hybridized carbons (Fsp3) is 0.400. The first-order valence-electron chi connectivity index (χ1n) is 9.60. The quantitative estimate of drug-likeness (QED) is 0.641. The number of anilines is 3. The van der Waals surface area contributed by atoms with E-state index in [0.29, 0.717) is 49.2 Å². The Hall–Kier alpha value is -2.88. The summed E-state index contributed by atoms with van der Waals surface area (Å²) < 4.78 is 10.7. The minimum Gasteiger partial charge on any atom is -0.629 e. The minimum absolute atomic E-state index is 0.0150. The monoisotopic (exact) mass is 399 g/mol. The number of hydrogen-bond acceptors (Lipinski definition) is 8. The molecule has 0 aliphatic carbocycles. The number of piperidine rings is 1. The van der Waals surface area contributed by atoms with Crippen molar-refractivity contribution in [2.45, 2.75) is 25.5 Å². The molecule has 1 aromatic heterocycles. The standard InChI is InChI=1S/C20H25N5O4/c1-28-15-9-13(10-16(11-15)29-2)21-19-17-12-25(27)8-5-18(17)22-20(23-19)24-6-3-14(26)4-7-24/h5,8-11,14,25-26H,3-4,6-7,12H2,1-2H3,(H,21,22,23). The van der Waals surface area contributed by atoms with Crippen molar-refractivity contribution in [3.05, 3.63) is 40.9 Å². The maximum Gasteiger partial charge on any atom is 0.227 e. The summed E-state index contributed by atoms with van der Waals surface area (Å²) in [5.74, 6) is 2.48. The van der Waals surface area contributed by atoms with Gasteiger partial charge in [0.1, 0.15) is 23.9 Å². The fourth-order valence-corrected chi connectivity index (χ4v) is 3.53. The Labute approximate surface area is 169 Å². The van der Waals surface area contributed by atoms with E-state index in [9.17, 15) is 10.3 Å². The molecule has 9 heteroatoms. The van der Waals surface area contributed by atoms with Crippen LogP contribution in [0.5, 0.6) is 11.5 Å². The molecule has 1 saturated heterocycles. The lowest BCUT2D eigenvalue weighted by atomic mass is 10.1. The summed E-state index contributed by atoms with van der Waals surface area (Å²) in [6.45, 7) is 1.62. The Morgan fingerprint density at radius 3 is 2.48 bits per heavy atom. The molecule has 0 spiro atoms.